The van der Waals surface area contributed by atoms with E-state index in [4.69, 9.17) is 4.74 Å². The molecule has 1 aromatic rings. The van der Waals surface area contributed by atoms with Gasteiger partial charge < -0.3 is 10.1 Å². The van der Waals surface area contributed by atoms with Crippen LogP contribution < -0.4 is 5.32 Å². The molecule has 5 heteroatoms. The molecule has 1 saturated heterocycles. The molecule has 0 saturated carbocycles. The number of hydrogen-bond donors (Lipinski definition) is 1. The first-order chi connectivity index (χ1) is 9.46. The van der Waals surface area contributed by atoms with Gasteiger partial charge in [-0.2, -0.15) is 0 Å². The van der Waals surface area contributed by atoms with Crippen LogP contribution in [0.4, 0.5) is 0 Å². The van der Waals surface area contributed by atoms with E-state index in [9.17, 15) is 9.59 Å². The van der Waals surface area contributed by atoms with Crippen LogP contribution in [-0.4, -0.2) is 42.5 Å². The maximum absolute atomic E-state index is 11.9. The average molecular weight is 276 g/mol. The van der Waals surface area contributed by atoms with Gasteiger partial charge in [0, 0.05) is 19.6 Å². The van der Waals surface area contributed by atoms with Gasteiger partial charge in [-0.3, -0.25) is 9.69 Å². The molecule has 2 rings (SSSR count). The lowest BCUT2D eigenvalue weighted by Gasteiger charge is -2.41. The van der Waals surface area contributed by atoms with Gasteiger partial charge in [0.25, 0.3) is 0 Å². The van der Waals surface area contributed by atoms with Crippen molar-refractivity contribution in [2.45, 2.75) is 25.9 Å². The molecule has 0 aliphatic carbocycles. The van der Waals surface area contributed by atoms with E-state index in [0.717, 1.165) is 12.1 Å². The third-order valence-corrected chi connectivity index (χ3v) is 3.80. The van der Waals surface area contributed by atoms with Crippen LogP contribution in [0.15, 0.2) is 24.3 Å². The monoisotopic (exact) mass is 276 g/mol. The highest BCUT2D eigenvalue weighted by Crippen LogP contribution is 2.22. The molecule has 1 amide bonds. The third-order valence-electron chi connectivity index (χ3n) is 3.80. The number of rotatable bonds is 3. The molecule has 108 valence electrons. The lowest BCUT2D eigenvalue weighted by atomic mass is 9.97. The van der Waals surface area contributed by atoms with E-state index < -0.39 is 5.54 Å². The Morgan fingerprint density at radius 1 is 1.40 bits per heavy atom. The van der Waals surface area contributed by atoms with Gasteiger partial charge in [0.05, 0.1) is 18.2 Å². The van der Waals surface area contributed by atoms with Crippen LogP contribution in [0.5, 0.6) is 0 Å². The van der Waals surface area contributed by atoms with E-state index in [1.54, 1.807) is 6.07 Å². The van der Waals surface area contributed by atoms with E-state index >= 15 is 0 Å². The first-order valence-corrected chi connectivity index (χ1v) is 6.66. The van der Waals surface area contributed by atoms with Crippen LogP contribution >= 0.6 is 0 Å². The first kappa shape index (κ1) is 14.5. The topological polar surface area (TPSA) is 58.6 Å². The number of nitrogens with zero attached hydrogens (tertiary/aromatic N) is 1. The summed E-state index contributed by atoms with van der Waals surface area (Å²) in [6.45, 7) is 5.72. The van der Waals surface area contributed by atoms with Crippen LogP contribution in [0.25, 0.3) is 0 Å². The van der Waals surface area contributed by atoms with Crippen molar-refractivity contribution in [3.8, 4) is 0 Å². The Morgan fingerprint density at radius 2 is 2.10 bits per heavy atom. The SMILES string of the molecule is COC(=O)c1ccccc1CN1CCNC(=O)C1(C)C. The molecule has 0 aromatic heterocycles. The summed E-state index contributed by atoms with van der Waals surface area (Å²) in [6.07, 6.45) is 0. The van der Waals surface area contributed by atoms with Crippen LogP contribution in [0.3, 0.4) is 0 Å². The molecular formula is C15H20N2O3. The summed E-state index contributed by atoms with van der Waals surface area (Å²) < 4.78 is 4.80. The molecule has 0 spiro atoms. The Kier molecular flexibility index (Phi) is 4.09. The van der Waals surface area contributed by atoms with Crippen molar-refractivity contribution in [1.82, 2.24) is 10.2 Å². The number of hydrogen-bond acceptors (Lipinski definition) is 4. The van der Waals surface area contributed by atoms with E-state index in [1.165, 1.54) is 7.11 Å². The minimum absolute atomic E-state index is 0.0132. The van der Waals surface area contributed by atoms with Gasteiger partial charge in [0.15, 0.2) is 0 Å². The van der Waals surface area contributed by atoms with Crippen molar-refractivity contribution < 1.29 is 14.3 Å². The third kappa shape index (κ3) is 2.67. The molecule has 1 heterocycles. The van der Waals surface area contributed by atoms with E-state index in [0.29, 0.717) is 18.7 Å². The van der Waals surface area contributed by atoms with Crippen molar-refractivity contribution in [3.05, 3.63) is 35.4 Å². The molecule has 5 nitrogen and oxygen atoms in total. The predicted molar refractivity (Wildman–Crippen MR) is 75.3 cm³/mol. The van der Waals surface area contributed by atoms with Gasteiger partial charge in [0.1, 0.15) is 0 Å². The lowest BCUT2D eigenvalue weighted by molar-refractivity contribution is -0.135. The number of ether oxygens (including phenoxy) is 1. The molecule has 0 unspecified atom stereocenters. The summed E-state index contributed by atoms with van der Waals surface area (Å²) >= 11 is 0. The summed E-state index contributed by atoms with van der Waals surface area (Å²) in [5.41, 5.74) is 0.848. The second kappa shape index (κ2) is 5.63. The Hall–Kier alpha value is -1.88. The van der Waals surface area contributed by atoms with Gasteiger partial charge in [-0.1, -0.05) is 18.2 Å². The first-order valence-electron chi connectivity index (χ1n) is 6.66. The quantitative estimate of drug-likeness (QED) is 0.842. The van der Waals surface area contributed by atoms with Crippen molar-refractivity contribution in [2.75, 3.05) is 20.2 Å². The fraction of sp³-hybridized carbons (Fsp3) is 0.467. The standard InChI is InChI=1S/C15H20N2O3/c1-15(2)14(19)16-8-9-17(15)10-11-6-4-5-7-12(11)13(18)20-3/h4-7H,8-10H2,1-3H3,(H,16,19). The number of benzene rings is 1. The van der Waals surface area contributed by atoms with E-state index in [2.05, 4.69) is 10.2 Å². The van der Waals surface area contributed by atoms with Gasteiger partial charge in [-0.25, -0.2) is 4.79 Å². The molecule has 1 aromatic carbocycles. The fourth-order valence-electron chi connectivity index (χ4n) is 2.39. The van der Waals surface area contributed by atoms with E-state index in [-0.39, 0.29) is 11.9 Å². The molecule has 1 N–H and O–H groups in total. The minimum atomic E-state index is -0.582. The maximum atomic E-state index is 11.9. The molecule has 1 aliphatic rings. The summed E-state index contributed by atoms with van der Waals surface area (Å²) in [4.78, 5) is 25.8. The maximum Gasteiger partial charge on any atom is 0.338 e. The van der Waals surface area contributed by atoms with Crippen molar-refractivity contribution in [1.29, 1.82) is 0 Å². The normalized spacial score (nSPS) is 18.4. The predicted octanol–water partition coefficient (Wildman–Crippen LogP) is 1.18. The second-order valence-electron chi connectivity index (χ2n) is 5.39. The minimum Gasteiger partial charge on any atom is -0.465 e. The number of esters is 1. The highest BCUT2D eigenvalue weighted by atomic mass is 16.5. The Bertz CT molecular complexity index is 526. The zero-order valence-electron chi connectivity index (χ0n) is 12.1. The fourth-order valence-corrected chi connectivity index (χ4v) is 2.39. The number of piperazine rings is 1. The Balaban J connectivity index is 2.26. The van der Waals surface area contributed by atoms with Crippen LogP contribution in [0.2, 0.25) is 0 Å². The molecule has 1 aliphatic heterocycles. The van der Waals surface area contributed by atoms with Crippen molar-refractivity contribution >= 4 is 11.9 Å². The highest BCUT2D eigenvalue weighted by molar-refractivity contribution is 5.91. The van der Waals surface area contributed by atoms with Gasteiger partial charge in [-0.05, 0) is 25.5 Å². The molecular weight excluding hydrogens is 256 g/mol. The Morgan fingerprint density at radius 3 is 2.80 bits per heavy atom. The summed E-state index contributed by atoms with van der Waals surface area (Å²) in [5.74, 6) is -0.334. The van der Waals surface area contributed by atoms with Gasteiger partial charge in [-0.15, -0.1) is 0 Å². The molecule has 1 fully saturated rings. The van der Waals surface area contributed by atoms with Crippen LogP contribution in [-0.2, 0) is 16.1 Å². The lowest BCUT2D eigenvalue weighted by Crippen LogP contribution is -2.61. The zero-order valence-corrected chi connectivity index (χ0v) is 12.1. The van der Waals surface area contributed by atoms with Crippen LogP contribution in [0.1, 0.15) is 29.8 Å². The number of carbonyl (C=O) groups is 2. The van der Waals surface area contributed by atoms with Crippen LogP contribution in [0, 0.1) is 0 Å². The molecule has 0 radical (unpaired) electrons. The summed E-state index contributed by atoms with van der Waals surface area (Å²) in [7, 11) is 1.37. The number of nitrogens with one attached hydrogen (secondary N) is 1. The number of methoxy groups -OCH3 is 1. The molecule has 0 bridgehead atoms. The molecule has 20 heavy (non-hydrogen) atoms. The van der Waals surface area contributed by atoms with Crippen molar-refractivity contribution in [2.24, 2.45) is 0 Å². The largest absolute Gasteiger partial charge is 0.465 e. The summed E-state index contributed by atoms with van der Waals surface area (Å²) in [5, 5.41) is 2.86. The highest BCUT2D eigenvalue weighted by Gasteiger charge is 2.37. The second-order valence-corrected chi connectivity index (χ2v) is 5.39. The van der Waals surface area contributed by atoms with Gasteiger partial charge in [0.2, 0.25) is 5.91 Å². The molecule has 0 atom stereocenters. The Labute approximate surface area is 118 Å². The smallest absolute Gasteiger partial charge is 0.338 e. The number of carbonyl (C=O) groups excluding carboxylic acids is 2. The van der Waals surface area contributed by atoms with Crippen molar-refractivity contribution in [3.63, 3.8) is 0 Å². The zero-order chi connectivity index (χ0) is 14.8. The summed E-state index contributed by atoms with van der Waals surface area (Å²) in [6, 6.07) is 7.34. The average Bonchev–Trinajstić information content (AvgIpc) is 2.44. The van der Waals surface area contributed by atoms with E-state index in [1.807, 2.05) is 32.0 Å². The van der Waals surface area contributed by atoms with Gasteiger partial charge >= 0.3 is 5.97 Å². The number of amides is 1.